The van der Waals surface area contributed by atoms with Gasteiger partial charge in [-0.25, -0.2) is 0 Å². The van der Waals surface area contributed by atoms with Crippen molar-refractivity contribution in [2.45, 2.75) is 57.8 Å². The summed E-state index contributed by atoms with van der Waals surface area (Å²) in [7, 11) is 0. The van der Waals surface area contributed by atoms with Crippen LogP contribution in [0.3, 0.4) is 0 Å². The predicted molar refractivity (Wildman–Crippen MR) is 74.7 cm³/mol. The van der Waals surface area contributed by atoms with Crippen molar-refractivity contribution in [3.63, 3.8) is 0 Å². The molecule has 19 heavy (non-hydrogen) atoms. The van der Waals surface area contributed by atoms with Crippen molar-refractivity contribution in [1.82, 2.24) is 9.80 Å². The molecule has 2 fully saturated rings. The molecule has 4 heteroatoms. The minimum atomic E-state index is 0.150. The average Bonchev–Trinajstić information content (AvgIpc) is 2.54. The number of hydrogen-bond donors (Lipinski definition) is 0. The van der Waals surface area contributed by atoms with Crippen LogP contribution in [-0.2, 0) is 9.59 Å². The quantitative estimate of drug-likeness (QED) is 0.768. The Bertz CT molecular complexity index is 309. The highest BCUT2D eigenvalue weighted by Gasteiger charge is 2.22. The van der Waals surface area contributed by atoms with Gasteiger partial charge in [-0.2, -0.15) is 0 Å². The van der Waals surface area contributed by atoms with Gasteiger partial charge in [0.15, 0.2) is 0 Å². The van der Waals surface area contributed by atoms with E-state index in [1.807, 2.05) is 4.90 Å². The van der Waals surface area contributed by atoms with Crippen LogP contribution in [0.5, 0.6) is 0 Å². The summed E-state index contributed by atoms with van der Waals surface area (Å²) in [6.45, 7) is 2.82. The van der Waals surface area contributed by atoms with Crippen LogP contribution in [0.15, 0.2) is 0 Å². The second kappa shape index (κ2) is 7.51. The summed E-state index contributed by atoms with van der Waals surface area (Å²) in [6, 6.07) is 0. The topological polar surface area (TPSA) is 40.6 Å². The van der Waals surface area contributed by atoms with Gasteiger partial charge in [0.1, 0.15) is 0 Å². The summed E-state index contributed by atoms with van der Waals surface area (Å²) in [5, 5.41) is 0. The molecule has 0 aromatic carbocycles. The second-order valence-electron chi connectivity index (χ2n) is 5.77. The highest BCUT2D eigenvalue weighted by Crippen LogP contribution is 2.13. The third-order valence-electron chi connectivity index (χ3n) is 4.21. The first kappa shape index (κ1) is 14.4. The Labute approximate surface area is 116 Å². The van der Waals surface area contributed by atoms with E-state index in [4.69, 9.17) is 0 Å². The number of carbonyl (C=O) groups excluding carboxylic acids is 2. The molecule has 0 aromatic rings. The van der Waals surface area contributed by atoms with Gasteiger partial charge in [-0.1, -0.05) is 25.7 Å². The van der Waals surface area contributed by atoms with Crippen molar-refractivity contribution in [3.8, 4) is 0 Å². The zero-order chi connectivity index (χ0) is 13.5. The molecule has 0 saturated carbocycles. The van der Waals surface area contributed by atoms with Crippen molar-refractivity contribution in [2.24, 2.45) is 0 Å². The van der Waals surface area contributed by atoms with Gasteiger partial charge < -0.3 is 9.80 Å². The molecule has 0 N–H and O–H groups in total. The van der Waals surface area contributed by atoms with Gasteiger partial charge in [-0.05, 0) is 25.7 Å². The molecule has 2 aliphatic heterocycles. The summed E-state index contributed by atoms with van der Waals surface area (Å²) >= 11 is 0. The van der Waals surface area contributed by atoms with Crippen molar-refractivity contribution in [3.05, 3.63) is 0 Å². The van der Waals surface area contributed by atoms with Crippen LogP contribution in [0.1, 0.15) is 57.8 Å². The summed E-state index contributed by atoms with van der Waals surface area (Å²) < 4.78 is 0. The fourth-order valence-electron chi connectivity index (χ4n) is 2.97. The maximum Gasteiger partial charge on any atom is 0.242 e. The highest BCUT2D eigenvalue weighted by molar-refractivity contribution is 5.85. The van der Waals surface area contributed by atoms with Crippen LogP contribution in [0, 0.1) is 0 Å². The number of amides is 2. The van der Waals surface area contributed by atoms with Crippen LogP contribution in [-0.4, -0.2) is 47.8 Å². The largest absolute Gasteiger partial charge is 0.341 e. The molecule has 0 bridgehead atoms. The summed E-state index contributed by atoms with van der Waals surface area (Å²) in [6.07, 6.45) is 9.73. The van der Waals surface area contributed by atoms with Crippen LogP contribution in [0.25, 0.3) is 0 Å². The molecule has 2 amide bonds. The minimum absolute atomic E-state index is 0.150. The Kier molecular flexibility index (Phi) is 5.67. The zero-order valence-electron chi connectivity index (χ0n) is 11.9. The third kappa shape index (κ3) is 4.51. The maximum absolute atomic E-state index is 12.3. The molecule has 0 radical (unpaired) electrons. The fourth-order valence-corrected chi connectivity index (χ4v) is 2.97. The van der Waals surface area contributed by atoms with E-state index in [0.717, 1.165) is 51.7 Å². The lowest BCUT2D eigenvalue weighted by molar-refractivity contribution is -0.140. The molecule has 0 aromatic heterocycles. The summed E-state index contributed by atoms with van der Waals surface area (Å²) in [4.78, 5) is 28.0. The standard InChI is InChI=1S/C15H26N2O2/c18-14-9-5-4-8-12-17(14)13-15(19)16-10-6-2-1-3-7-11-16/h1-13H2. The average molecular weight is 266 g/mol. The maximum atomic E-state index is 12.3. The van der Waals surface area contributed by atoms with Gasteiger partial charge in [0.25, 0.3) is 0 Å². The van der Waals surface area contributed by atoms with E-state index < -0.39 is 0 Å². The molecule has 2 saturated heterocycles. The number of carbonyl (C=O) groups is 2. The first-order valence-electron chi connectivity index (χ1n) is 7.83. The van der Waals surface area contributed by atoms with Crippen molar-refractivity contribution in [1.29, 1.82) is 0 Å². The van der Waals surface area contributed by atoms with Crippen molar-refractivity contribution < 1.29 is 9.59 Å². The lowest BCUT2D eigenvalue weighted by Crippen LogP contribution is -2.43. The molecule has 2 rings (SSSR count). The second-order valence-corrected chi connectivity index (χ2v) is 5.77. The van der Waals surface area contributed by atoms with E-state index in [1.54, 1.807) is 4.90 Å². The molecule has 0 spiro atoms. The van der Waals surface area contributed by atoms with Gasteiger partial charge in [-0.15, -0.1) is 0 Å². The molecule has 0 unspecified atom stereocenters. The molecule has 2 heterocycles. The first-order valence-corrected chi connectivity index (χ1v) is 7.83. The number of hydrogen-bond acceptors (Lipinski definition) is 2. The minimum Gasteiger partial charge on any atom is -0.341 e. The molecule has 108 valence electrons. The fraction of sp³-hybridized carbons (Fsp3) is 0.867. The smallest absolute Gasteiger partial charge is 0.242 e. The highest BCUT2D eigenvalue weighted by atomic mass is 16.2. The van der Waals surface area contributed by atoms with Crippen LogP contribution >= 0.6 is 0 Å². The summed E-state index contributed by atoms with van der Waals surface area (Å²) in [5.41, 5.74) is 0. The molecule has 0 aliphatic carbocycles. The Morgan fingerprint density at radius 2 is 1.42 bits per heavy atom. The Hall–Kier alpha value is -1.06. The van der Waals surface area contributed by atoms with Crippen molar-refractivity contribution >= 4 is 11.8 Å². The lowest BCUT2D eigenvalue weighted by atomic mass is 10.1. The van der Waals surface area contributed by atoms with Crippen LogP contribution < -0.4 is 0 Å². The SMILES string of the molecule is O=C(CN1CCCCCC1=O)N1CCCCCCC1. The normalized spacial score (nSPS) is 22.6. The van der Waals surface area contributed by atoms with Gasteiger partial charge >= 0.3 is 0 Å². The van der Waals surface area contributed by atoms with Crippen molar-refractivity contribution in [2.75, 3.05) is 26.2 Å². The van der Waals surface area contributed by atoms with Gasteiger partial charge in [0.2, 0.25) is 11.8 Å². The van der Waals surface area contributed by atoms with E-state index in [-0.39, 0.29) is 11.8 Å². The number of likely N-dealkylation sites (tertiary alicyclic amines) is 2. The Morgan fingerprint density at radius 3 is 2.16 bits per heavy atom. The van der Waals surface area contributed by atoms with Gasteiger partial charge in [0, 0.05) is 26.1 Å². The van der Waals surface area contributed by atoms with E-state index in [2.05, 4.69) is 0 Å². The third-order valence-corrected chi connectivity index (χ3v) is 4.21. The number of rotatable bonds is 2. The molecular weight excluding hydrogens is 240 g/mol. The molecule has 0 atom stereocenters. The molecule has 2 aliphatic rings. The first-order chi connectivity index (χ1) is 9.27. The van der Waals surface area contributed by atoms with E-state index in [0.29, 0.717) is 13.0 Å². The lowest BCUT2D eigenvalue weighted by Gasteiger charge is -2.28. The van der Waals surface area contributed by atoms with Crippen LogP contribution in [0.4, 0.5) is 0 Å². The molecular formula is C15H26N2O2. The predicted octanol–water partition coefficient (Wildman–Crippen LogP) is 2.18. The van der Waals surface area contributed by atoms with E-state index >= 15 is 0 Å². The van der Waals surface area contributed by atoms with Crippen LogP contribution in [0.2, 0.25) is 0 Å². The Morgan fingerprint density at radius 1 is 0.842 bits per heavy atom. The number of nitrogens with zero attached hydrogens (tertiary/aromatic N) is 2. The Balaban J connectivity index is 1.85. The zero-order valence-corrected chi connectivity index (χ0v) is 11.9. The van der Waals surface area contributed by atoms with E-state index in [1.165, 1.54) is 19.3 Å². The molecule has 4 nitrogen and oxygen atoms in total. The van der Waals surface area contributed by atoms with Gasteiger partial charge in [0.05, 0.1) is 6.54 Å². The monoisotopic (exact) mass is 266 g/mol. The van der Waals surface area contributed by atoms with E-state index in [9.17, 15) is 9.59 Å². The summed E-state index contributed by atoms with van der Waals surface area (Å²) in [5.74, 6) is 0.315. The van der Waals surface area contributed by atoms with Gasteiger partial charge in [-0.3, -0.25) is 9.59 Å².